The molecule has 3 rings (SSSR count). The number of methoxy groups -OCH3 is 1. The Morgan fingerprint density at radius 3 is 2.75 bits per heavy atom. The van der Waals surface area contributed by atoms with Gasteiger partial charge in [0.2, 0.25) is 5.91 Å². The zero-order valence-corrected chi connectivity index (χ0v) is 17.3. The number of rotatable bonds is 5. The van der Waals surface area contributed by atoms with Crippen molar-refractivity contribution in [3.05, 3.63) is 34.6 Å². The Kier molecular flexibility index (Phi) is 5.87. The number of halogens is 2. The lowest BCUT2D eigenvalue weighted by Gasteiger charge is -2.31. The summed E-state index contributed by atoms with van der Waals surface area (Å²) in [6.45, 7) is 5.93. The smallest absolute Gasteiger partial charge is 0.410 e. The minimum Gasteiger partial charge on any atom is -0.444 e. The van der Waals surface area contributed by atoms with Crippen LogP contribution in [0.4, 0.5) is 9.18 Å². The molecule has 1 N–H and O–H groups in total. The number of amides is 2. The Bertz CT molecular complexity index is 767. The minimum atomic E-state index is -0.713. The molecule has 0 spiro atoms. The van der Waals surface area contributed by atoms with E-state index in [9.17, 15) is 14.0 Å². The average Bonchev–Trinajstić information content (AvgIpc) is 3.25. The first kappa shape index (κ1) is 20.9. The highest BCUT2D eigenvalue weighted by Crippen LogP contribution is 2.50. The molecule has 1 aromatic rings. The Labute approximate surface area is 169 Å². The van der Waals surface area contributed by atoms with E-state index in [0.717, 1.165) is 6.42 Å². The summed E-state index contributed by atoms with van der Waals surface area (Å²) in [4.78, 5) is 27.1. The van der Waals surface area contributed by atoms with Crippen LogP contribution in [0.15, 0.2) is 18.2 Å². The van der Waals surface area contributed by atoms with Crippen LogP contribution < -0.4 is 5.32 Å². The molecule has 1 aliphatic carbocycles. The van der Waals surface area contributed by atoms with E-state index in [1.165, 1.54) is 18.1 Å². The fourth-order valence-corrected chi connectivity index (χ4v) is 3.91. The number of hydrogen-bond acceptors (Lipinski definition) is 4. The fraction of sp³-hybridized carbons (Fsp3) is 0.600. The molecule has 1 saturated carbocycles. The zero-order chi connectivity index (χ0) is 20.6. The number of carbonyl (C=O) groups excluding carboxylic acids is 2. The second kappa shape index (κ2) is 7.87. The second-order valence-electron chi connectivity index (χ2n) is 8.40. The summed E-state index contributed by atoms with van der Waals surface area (Å²) in [6, 6.07) is 3.29. The molecule has 0 aromatic heterocycles. The van der Waals surface area contributed by atoms with Gasteiger partial charge in [0.05, 0.1) is 17.7 Å². The van der Waals surface area contributed by atoms with E-state index in [4.69, 9.17) is 21.1 Å². The molecule has 4 atom stereocenters. The van der Waals surface area contributed by atoms with Gasteiger partial charge in [0, 0.05) is 19.2 Å². The standard InChI is InChI=1S/C20H26ClFN2O4/c1-20(2,3)28-19(26)24-9-11-8-13(11)17(24)18(25)23-15(10-27-4)12-6-5-7-14(21)16(12)22/h5-7,11,13,15,17H,8-10H2,1-4H3,(H,23,25)/t11-,13-,15+,17-/m0/s1. The van der Waals surface area contributed by atoms with Crippen molar-refractivity contribution in [2.45, 2.75) is 44.9 Å². The van der Waals surface area contributed by atoms with Gasteiger partial charge in [-0.1, -0.05) is 23.7 Å². The van der Waals surface area contributed by atoms with Crippen LogP contribution in [0.2, 0.25) is 5.02 Å². The normalized spacial score (nSPS) is 24.5. The summed E-state index contributed by atoms with van der Waals surface area (Å²) in [5.74, 6) is -0.504. The maximum absolute atomic E-state index is 14.5. The van der Waals surface area contributed by atoms with Crippen molar-refractivity contribution < 1.29 is 23.5 Å². The van der Waals surface area contributed by atoms with E-state index in [1.807, 2.05) is 0 Å². The first-order valence-corrected chi connectivity index (χ1v) is 9.73. The monoisotopic (exact) mass is 412 g/mol. The van der Waals surface area contributed by atoms with Gasteiger partial charge >= 0.3 is 6.09 Å². The van der Waals surface area contributed by atoms with Crippen LogP contribution in [0.3, 0.4) is 0 Å². The molecule has 8 heteroatoms. The van der Waals surface area contributed by atoms with Gasteiger partial charge in [0.15, 0.2) is 0 Å². The number of hydrogen-bond donors (Lipinski definition) is 1. The van der Waals surface area contributed by atoms with Crippen molar-refractivity contribution in [3.8, 4) is 0 Å². The summed E-state index contributed by atoms with van der Waals surface area (Å²) >= 11 is 5.88. The van der Waals surface area contributed by atoms with E-state index in [1.54, 1.807) is 32.9 Å². The Morgan fingerprint density at radius 2 is 2.11 bits per heavy atom. The topological polar surface area (TPSA) is 67.9 Å². The molecule has 6 nitrogen and oxygen atoms in total. The predicted molar refractivity (Wildman–Crippen MR) is 102 cm³/mol. The van der Waals surface area contributed by atoms with Gasteiger partial charge in [-0.2, -0.15) is 0 Å². The van der Waals surface area contributed by atoms with Gasteiger partial charge in [0.1, 0.15) is 17.5 Å². The highest BCUT2D eigenvalue weighted by Gasteiger charge is 2.57. The second-order valence-corrected chi connectivity index (χ2v) is 8.80. The van der Waals surface area contributed by atoms with Crippen LogP contribution in [0.1, 0.15) is 38.8 Å². The lowest BCUT2D eigenvalue weighted by Crippen LogP contribution is -2.50. The number of piperidine rings is 1. The van der Waals surface area contributed by atoms with Crippen molar-refractivity contribution in [2.75, 3.05) is 20.3 Å². The lowest BCUT2D eigenvalue weighted by atomic mass is 10.1. The third kappa shape index (κ3) is 4.41. The highest BCUT2D eigenvalue weighted by molar-refractivity contribution is 6.30. The van der Waals surface area contributed by atoms with Crippen molar-refractivity contribution >= 4 is 23.6 Å². The molecular formula is C20H26ClFN2O4. The highest BCUT2D eigenvalue weighted by atomic mass is 35.5. The number of benzene rings is 1. The largest absolute Gasteiger partial charge is 0.444 e. The van der Waals surface area contributed by atoms with Crippen LogP contribution in [0.25, 0.3) is 0 Å². The maximum Gasteiger partial charge on any atom is 0.410 e. The summed E-state index contributed by atoms with van der Waals surface area (Å²) in [6.07, 6.45) is 0.398. The number of carbonyl (C=O) groups is 2. The lowest BCUT2D eigenvalue weighted by molar-refractivity contribution is -0.127. The molecule has 0 radical (unpaired) electrons. The van der Waals surface area contributed by atoms with Crippen LogP contribution in [0.5, 0.6) is 0 Å². The summed E-state index contributed by atoms with van der Waals surface area (Å²) in [5, 5.41) is 2.82. The number of ether oxygens (including phenoxy) is 2. The molecule has 2 amide bonds. The number of nitrogens with one attached hydrogen (secondary N) is 1. The molecular weight excluding hydrogens is 387 g/mol. The van der Waals surface area contributed by atoms with Crippen molar-refractivity contribution in [1.82, 2.24) is 10.2 Å². The predicted octanol–water partition coefficient (Wildman–Crippen LogP) is 3.54. The molecule has 1 aliphatic heterocycles. The van der Waals surface area contributed by atoms with Gasteiger partial charge in [-0.25, -0.2) is 9.18 Å². The number of likely N-dealkylation sites (tertiary alicyclic amines) is 1. The molecule has 28 heavy (non-hydrogen) atoms. The molecule has 2 fully saturated rings. The number of fused-ring (bicyclic) bond motifs is 1. The van der Waals surface area contributed by atoms with E-state index in [2.05, 4.69) is 5.32 Å². The van der Waals surface area contributed by atoms with Crippen LogP contribution in [-0.4, -0.2) is 48.8 Å². The average molecular weight is 413 g/mol. The van der Waals surface area contributed by atoms with E-state index in [0.29, 0.717) is 12.5 Å². The van der Waals surface area contributed by atoms with Gasteiger partial charge in [0.25, 0.3) is 0 Å². The minimum absolute atomic E-state index is 0.0219. The SMILES string of the molecule is COC[C@@H](NC(=O)[C@@H]1[C@H]2C[C@H]2CN1C(=O)OC(C)(C)C)c1cccc(Cl)c1F. The van der Waals surface area contributed by atoms with Gasteiger partial charge in [-0.15, -0.1) is 0 Å². The summed E-state index contributed by atoms with van der Waals surface area (Å²) in [7, 11) is 1.47. The van der Waals surface area contributed by atoms with Crippen molar-refractivity contribution in [2.24, 2.45) is 11.8 Å². The van der Waals surface area contributed by atoms with Crippen molar-refractivity contribution in [1.29, 1.82) is 0 Å². The van der Waals surface area contributed by atoms with Gasteiger partial charge < -0.3 is 14.8 Å². The molecule has 1 saturated heterocycles. The quantitative estimate of drug-likeness (QED) is 0.803. The van der Waals surface area contributed by atoms with Gasteiger partial charge in [-0.05, 0) is 45.1 Å². The van der Waals surface area contributed by atoms with Gasteiger partial charge in [-0.3, -0.25) is 9.69 Å². The molecule has 154 valence electrons. The summed E-state index contributed by atoms with van der Waals surface area (Å²) in [5.41, 5.74) is -0.398. The Morgan fingerprint density at radius 1 is 1.39 bits per heavy atom. The van der Waals surface area contributed by atoms with Crippen LogP contribution in [-0.2, 0) is 14.3 Å². The molecule has 1 heterocycles. The fourth-order valence-electron chi connectivity index (χ4n) is 3.73. The first-order valence-electron chi connectivity index (χ1n) is 9.35. The molecule has 0 bridgehead atoms. The first-order chi connectivity index (χ1) is 13.1. The van der Waals surface area contributed by atoms with E-state index < -0.39 is 29.6 Å². The Hall–Kier alpha value is -1.86. The molecule has 1 aromatic carbocycles. The molecule has 2 aliphatic rings. The summed E-state index contributed by atoms with van der Waals surface area (Å²) < 4.78 is 25.1. The third-order valence-corrected chi connectivity index (χ3v) is 5.35. The van der Waals surface area contributed by atoms with E-state index >= 15 is 0 Å². The van der Waals surface area contributed by atoms with Crippen LogP contribution in [0, 0.1) is 17.7 Å². The van der Waals surface area contributed by atoms with E-state index in [-0.39, 0.29) is 29.0 Å². The third-order valence-electron chi connectivity index (χ3n) is 5.05. The zero-order valence-electron chi connectivity index (χ0n) is 16.5. The maximum atomic E-state index is 14.5. The number of nitrogens with zero attached hydrogens (tertiary/aromatic N) is 1. The van der Waals surface area contributed by atoms with Crippen molar-refractivity contribution in [3.63, 3.8) is 0 Å². The molecule has 0 unspecified atom stereocenters. The Balaban J connectivity index is 1.77. The van der Waals surface area contributed by atoms with Crippen LogP contribution >= 0.6 is 11.6 Å².